The van der Waals surface area contributed by atoms with Gasteiger partial charge in [-0.1, -0.05) is 71.2 Å². The number of alkyl halides is 3. The third-order valence-electron chi connectivity index (χ3n) is 4.13. The Bertz CT molecular complexity index is 1160. The van der Waals surface area contributed by atoms with Crippen LogP contribution in [-0.2, 0) is 15.7 Å². The number of ether oxygens (including phenoxy) is 1. The first-order valence-corrected chi connectivity index (χ1v) is 9.95. The highest BCUT2D eigenvalue weighted by atomic mass is 35.5. The van der Waals surface area contributed by atoms with Crippen molar-refractivity contribution >= 4 is 52.4 Å². The quantitative estimate of drug-likeness (QED) is 0.399. The highest BCUT2D eigenvalue weighted by molar-refractivity contribution is 6.48. The molecule has 5 nitrogen and oxygen atoms in total. The molecule has 1 aromatic heterocycles. The van der Waals surface area contributed by atoms with E-state index in [0.717, 1.165) is 24.4 Å². The minimum atomic E-state index is -4.59. The van der Waals surface area contributed by atoms with Crippen LogP contribution in [0.4, 0.5) is 18.9 Å². The van der Waals surface area contributed by atoms with E-state index in [9.17, 15) is 22.8 Å². The number of rotatable bonds is 5. The van der Waals surface area contributed by atoms with Crippen molar-refractivity contribution in [2.75, 3.05) is 5.32 Å². The van der Waals surface area contributed by atoms with Crippen LogP contribution < -0.4 is 5.32 Å². The van der Waals surface area contributed by atoms with Gasteiger partial charge in [-0.2, -0.15) is 13.2 Å². The number of nitrogens with one attached hydrogen (secondary N) is 1. The first-order chi connectivity index (χ1) is 15.1. The van der Waals surface area contributed by atoms with Crippen molar-refractivity contribution in [2.24, 2.45) is 0 Å². The van der Waals surface area contributed by atoms with E-state index in [2.05, 4.69) is 10.3 Å². The summed E-state index contributed by atoms with van der Waals surface area (Å²) < 4.78 is 44.2. The fraction of sp³-hybridized carbons (Fsp3) is 0.0952. The molecule has 166 valence electrons. The zero-order valence-electron chi connectivity index (χ0n) is 15.8. The van der Waals surface area contributed by atoms with E-state index in [0.29, 0.717) is 0 Å². The molecule has 0 aliphatic heterocycles. The van der Waals surface area contributed by atoms with Crippen molar-refractivity contribution in [3.05, 3.63) is 92.7 Å². The molecular formula is C21H12Cl3F3N2O3. The summed E-state index contributed by atoms with van der Waals surface area (Å²) in [6.07, 6.45) is -5.03. The second-order valence-corrected chi connectivity index (χ2v) is 7.51. The lowest BCUT2D eigenvalue weighted by Gasteiger charge is -2.19. The molecule has 0 aliphatic carbocycles. The molecule has 3 rings (SSSR count). The van der Waals surface area contributed by atoms with E-state index in [1.807, 2.05) is 0 Å². The van der Waals surface area contributed by atoms with Gasteiger partial charge < -0.3 is 10.1 Å². The number of anilines is 1. The lowest BCUT2D eigenvalue weighted by atomic mass is 10.1. The number of esters is 1. The molecule has 0 bridgehead atoms. The van der Waals surface area contributed by atoms with E-state index >= 15 is 0 Å². The molecule has 0 radical (unpaired) electrons. The molecule has 11 heteroatoms. The van der Waals surface area contributed by atoms with Crippen molar-refractivity contribution in [3.8, 4) is 0 Å². The minimum absolute atomic E-state index is 0.00937. The monoisotopic (exact) mass is 502 g/mol. The number of benzene rings is 2. The van der Waals surface area contributed by atoms with Gasteiger partial charge in [0, 0.05) is 17.4 Å². The van der Waals surface area contributed by atoms with Crippen LogP contribution in [0.1, 0.15) is 27.7 Å². The molecule has 1 atom stereocenters. The smallest absolute Gasteiger partial charge is 0.416 e. The van der Waals surface area contributed by atoms with Crippen LogP contribution >= 0.6 is 34.8 Å². The standard InChI is InChI=1S/C21H12Cl3F3N2O3/c22-14-10-28-17(16(24)15(14)23)20(31)32-18(11-5-2-1-3-6-11)19(30)29-13-8-4-7-12(9-13)21(25,26)27/h1-10,18H,(H,29,30). The van der Waals surface area contributed by atoms with Gasteiger partial charge in [0.25, 0.3) is 5.91 Å². The maximum atomic E-state index is 13.0. The van der Waals surface area contributed by atoms with E-state index in [-0.39, 0.29) is 32.0 Å². The molecule has 32 heavy (non-hydrogen) atoms. The molecule has 0 saturated heterocycles. The van der Waals surface area contributed by atoms with Crippen molar-refractivity contribution in [1.29, 1.82) is 0 Å². The maximum Gasteiger partial charge on any atom is 0.416 e. The molecule has 1 amide bonds. The van der Waals surface area contributed by atoms with Crippen LogP contribution in [0, 0.1) is 0 Å². The van der Waals surface area contributed by atoms with Crippen LogP contribution in [0.3, 0.4) is 0 Å². The lowest BCUT2D eigenvalue weighted by Crippen LogP contribution is -2.26. The van der Waals surface area contributed by atoms with Gasteiger partial charge in [0.2, 0.25) is 6.10 Å². The number of hydrogen-bond acceptors (Lipinski definition) is 4. The van der Waals surface area contributed by atoms with Crippen molar-refractivity contribution < 1.29 is 27.5 Å². The number of aromatic nitrogens is 1. The van der Waals surface area contributed by atoms with Crippen molar-refractivity contribution in [1.82, 2.24) is 4.98 Å². The fourth-order valence-electron chi connectivity index (χ4n) is 2.63. The summed E-state index contributed by atoms with van der Waals surface area (Å²) in [6, 6.07) is 11.9. The maximum absolute atomic E-state index is 13.0. The van der Waals surface area contributed by atoms with E-state index < -0.39 is 29.7 Å². The molecule has 0 aliphatic rings. The average Bonchev–Trinajstić information content (AvgIpc) is 2.76. The van der Waals surface area contributed by atoms with E-state index in [1.54, 1.807) is 18.2 Å². The largest absolute Gasteiger partial charge is 0.443 e. The summed E-state index contributed by atoms with van der Waals surface area (Å²) in [5.41, 5.74) is -1.20. The van der Waals surface area contributed by atoms with Crippen molar-refractivity contribution in [3.63, 3.8) is 0 Å². The zero-order chi connectivity index (χ0) is 23.5. The highest BCUT2D eigenvalue weighted by Crippen LogP contribution is 2.33. The van der Waals surface area contributed by atoms with Gasteiger partial charge in [0.15, 0.2) is 5.69 Å². The Morgan fingerprint density at radius 3 is 2.31 bits per heavy atom. The predicted molar refractivity (Wildman–Crippen MR) is 114 cm³/mol. The summed E-state index contributed by atoms with van der Waals surface area (Å²) >= 11 is 17.7. The van der Waals surface area contributed by atoms with Crippen LogP contribution in [0.15, 0.2) is 60.8 Å². The topological polar surface area (TPSA) is 68.3 Å². The number of nitrogens with zero attached hydrogens (tertiary/aromatic N) is 1. The second-order valence-electron chi connectivity index (χ2n) is 6.35. The van der Waals surface area contributed by atoms with Gasteiger partial charge in [-0.3, -0.25) is 4.79 Å². The minimum Gasteiger partial charge on any atom is -0.443 e. The number of carbonyl (C=O) groups excluding carboxylic acids is 2. The molecule has 1 unspecified atom stereocenters. The molecule has 1 heterocycles. The van der Waals surface area contributed by atoms with Crippen LogP contribution in [0.25, 0.3) is 0 Å². The van der Waals surface area contributed by atoms with Gasteiger partial charge in [-0.15, -0.1) is 0 Å². The summed E-state index contributed by atoms with van der Waals surface area (Å²) in [6.45, 7) is 0. The first kappa shape index (κ1) is 23.8. The van der Waals surface area contributed by atoms with Crippen molar-refractivity contribution in [2.45, 2.75) is 12.3 Å². The molecule has 1 N–H and O–H groups in total. The zero-order valence-corrected chi connectivity index (χ0v) is 18.1. The summed E-state index contributed by atoms with van der Waals surface area (Å²) in [5.74, 6) is -1.97. The third kappa shape index (κ3) is 5.51. The number of halogens is 6. The summed E-state index contributed by atoms with van der Waals surface area (Å²) in [5, 5.41) is 1.94. The Kier molecular flexibility index (Phi) is 7.28. The van der Waals surface area contributed by atoms with Crippen LogP contribution in [-0.4, -0.2) is 16.9 Å². The molecule has 0 saturated carbocycles. The van der Waals surface area contributed by atoms with Crippen LogP contribution in [0.2, 0.25) is 15.1 Å². The van der Waals surface area contributed by atoms with Gasteiger partial charge >= 0.3 is 12.1 Å². The van der Waals surface area contributed by atoms with Gasteiger partial charge in [0.1, 0.15) is 0 Å². The summed E-state index contributed by atoms with van der Waals surface area (Å²) in [7, 11) is 0. The molecular weight excluding hydrogens is 492 g/mol. The number of amides is 1. The predicted octanol–water partition coefficient (Wildman–Crippen LogP) is 6.60. The Hall–Kier alpha value is -2.81. The first-order valence-electron chi connectivity index (χ1n) is 8.81. The number of pyridine rings is 1. The summed E-state index contributed by atoms with van der Waals surface area (Å²) in [4.78, 5) is 29.3. The Balaban J connectivity index is 1.90. The normalized spacial score (nSPS) is 12.2. The Labute approximate surface area is 195 Å². The SMILES string of the molecule is O=C(OC(C(=O)Nc1cccc(C(F)(F)F)c1)c1ccccc1)c1ncc(Cl)c(Cl)c1Cl. The second kappa shape index (κ2) is 9.77. The third-order valence-corrected chi connectivity index (χ3v) is 5.37. The van der Waals surface area contributed by atoms with E-state index in [4.69, 9.17) is 39.5 Å². The Morgan fingerprint density at radius 2 is 1.66 bits per heavy atom. The molecule has 2 aromatic carbocycles. The van der Waals surface area contributed by atoms with Gasteiger partial charge in [-0.05, 0) is 18.2 Å². The molecule has 0 fully saturated rings. The van der Waals surface area contributed by atoms with E-state index in [1.165, 1.54) is 18.2 Å². The lowest BCUT2D eigenvalue weighted by molar-refractivity contribution is -0.137. The molecule has 0 spiro atoms. The number of carbonyl (C=O) groups is 2. The molecule has 3 aromatic rings. The Morgan fingerprint density at radius 1 is 0.969 bits per heavy atom. The average molecular weight is 504 g/mol. The van der Waals surface area contributed by atoms with Crippen LogP contribution in [0.5, 0.6) is 0 Å². The number of hydrogen-bond donors (Lipinski definition) is 1. The van der Waals surface area contributed by atoms with Gasteiger partial charge in [-0.25, -0.2) is 9.78 Å². The van der Waals surface area contributed by atoms with Gasteiger partial charge in [0.05, 0.1) is 20.6 Å². The fourth-order valence-corrected chi connectivity index (χ4v) is 3.19. The highest BCUT2D eigenvalue weighted by Gasteiger charge is 2.32.